The molecule has 5 heteroatoms. The molecule has 1 saturated carbocycles. The van der Waals surface area contributed by atoms with Crippen LogP contribution >= 0.6 is 11.8 Å². The van der Waals surface area contributed by atoms with E-state index in [9.17, 15) is 0 Å². The Morgan fingerprint density at radius 3 is 2.95 bits per heavy atom. The van der Waals surface area contributed by atoms with Gasteiger partial charge in [-0.1, -0.05) is 30.5 Å². The second-order valence-corrected chi connectivity index (χ2v) is 6.57. The quantitative estimate of drug-likeness (QED) is 0.847. The molecule has 0 N–H and O–H groups in total. The minimum Gasteiger partial charge on any atom is -0.334 e. The first kappa shape index (κ1) is 14.2. The Bertz CT molecular complexity index is 641. The Balaban J connectivity index is 1.64. The highest BCUT2D eigenvalue weighted by Crippen LogP contribution is 2.30. The van der Waals surface area contributed by atoms with Gasteiger partial charge in [0.2, 0.25) is 0 Å². The van der Waals surface area contributed by atoms with Crippen molar-refractivity contribution in [2.75, 3.05) is 0 Å². The molecule has 0 unspecified atom stereocenters. The molecule has 1 heterocycles. The van der Waals surface area contributed by atoms with Crippen LogP contribution in [0, 0.1) is 11.3 Å². The van der Waals surface area contributed by atoms with E-state index in [1.54, 1.807) is 12.1 Å². The minimum absolute atomic E-state index is 0.492. The Morgan fingerprint density at radius 2 is 2.14 bits per heavy atom. The van der Waals surface area contributed by atoms with Crippen molar-refractivity contribution in [3.63, 3.8) is 0 Å². The summed E-state index contributed by atoms with van der Waals surface area (Å²) in [5.74, 6) is 2.03. The Hall–Kier alpha value is -1.80. The average molecular weight is 299 g/mol. The van der Waals surface area contributed by atoms with Gasteiger partial charge >= 0.3 is 0 Å². The number of benzene rings is 1. The van der Waals surface area contributed by atoms with Crippen LogP contribution in [-0.2, 0) is 5.75 Å². The van der Waals surface area contributed by atoms with Gasteiger partial charge in [0.25, 0.3) is 5.89 Å². The molecule has 1 aliphatic carbocycles. The Morgan fingerprint density at radius 1 is 1.29 bits per heavy atom. The summed E-state index contributed by atoms with van der Waals surface area (Å²) in [6.45, 7) is 0. The van der Waals surface area contributed by atoms with Gasteiger partial charge in [-0.15, -0.1) is 0 Å². The predicted molar refractivity (Wildman–Crippen MR) is 82.6 cm³/mol. The molecular formula is C16H17N3OS. The molecule has 0 amide bonds. The number of hydrogen-bond acceptors (Lipinski definition) is 5. The first-order chi connectivity index (χ1) is 10.3. The molecule has 4 nitrogen and oxygen atoms in total. The minimum atomic E-state index is 0.492. The average Bonchev–Trinajstić information content (AvgIpc) is 3.03. The summed E-state index contributed by atoms with van der Waals surface area (Å²) in [4.78, 5) is 4.43. The van der Waals surface area contributed by atoms with E-state index in [1.807, 2.05) is 23.9 Å². The number of nitriles is 1. The highest BCUT2D eigenvalue weighted by atomic mass is 32.2. The third-order valence-electron chi connectivity index (χ3n) is 3.71. The van der Waals surface area contributed by atoms with E-state index in [0.717, 1.165) is 22.4 Å². The molecule has 0 bridgehead atoms. The molecule has 0 radical (unpaired) electrons. The molecule has 108 valence electrons. The molecule has 0 saturated heterocycles. The third-order valence-corrected chi connectivity index (χ3v) is 5.07. The van der Waals surface area contributed by atoms with Crippen LogP contribution in [0.2, 0.25) is 0 Å². The van der Waals surface area contributed by atoms with Gasteiger partial charge in [-0.05, 0) is 31.0 Å². The zero-order valence-electron chi connectivity index (χ0n) is 11.8. The van der Waals surface area contributed by atoms with Crippen molar-refractivity contribution in [2.45, 2.75) is 43.1 Å². The van der Waals surface area contributed by atoms with Crippen molar-refractivity contribution in [2.24, 2.45) is 0 Å². The van der Waals surface area contributed by atoms with E-state index >= 15 is 0 Å². The molecule has 21 heavy (non-hydrogen) atoms. The molecule has 1 aromatic heterocycles. The van der Waals surface area contributed by atoms with Crippen LogP contribution in [0.1, 0.15) is 43.5 Å². The molecule has 1 aliphatic rings. The topological polar surface area (TPSA) is 62.7 Å². The number of thioether (sulfide) groups is 1. The van der Waals surface area contributed by atoms with Gasteiger partial charge in [0, 0.05) is 10.8 Å². The van der Waals surface area contributed by atoms with Gasteiger partial charge in [-0.3, -0.25) is 0 Å². The van der Waals surface area contributed by atoms with Crippen LogP contribution < -0.4 is 0 Å². The highest BCUT2D eigenvalue weighted by Gasteiger charge is 2.16. The lowest BCUT2D eigenvalue weighted by Gasteiger charge is -2.19. The SMILES string of the molecule is N#Cc1cccc(-c2nc(CSC3CCCCC3)no2)c1. The molecule has 1 fully saturated rings. The summed E-state index contributed by atoms with van der Waals surface area (Å²) >= 11 is 1.93. The third kappa shape index (κ3) is 3.64. The van der Waals surface area contributed by atoms with Crippen molar-refractivity contribution in [1.82, 2.24) is 10.1 Å². The van der Waals surface area contributed by atoms with Crippen molar-refractivity contribution in [1.29, 1.82) is 5.26 Å². The maximum atomic E-state index is 8.92. The molecule has 1 aromatic carbocycles. The van der Waals surface area contributed by atoms with Crippen LogP contribution in [0.5, 0.6) is 0 Å². The van der Waals surface area contributed by atoms with Crippen LogP contribution in [0.3, 0.4) is 0 Å². The molecular weight excluding hydrogens is 282 g/mol. The summed E-state index contributed by atoms with van der Waals surface area (Å²) in [5, 5.41) is 13.7. The van der Waals surface area contributed by atoms with Crippen molar-refractivity contribution in [3.05, 3.63) is 35.7 Å². The largest absolute Gasteiger partial charge is 0.334 e. The van der Waals surface area contributed by atoms with Crippen molar-refractivity contribution < 1.29 is 4.52 Å². The lowest BCUT2D eigenvalue weighted by atomic mass is 10.0. The van der Waals surface area contributed by atoms with E-state index in [-0.39, 0.29) is 0 Å². The summed E-state index contributed by atoms with van der Waals surface area (Å²) in [6.07, 6.45) is 6.67. The first-order valence-corrected chi connectivity index (χ1v) is 8.35. The van der Waals surface area contributed by atoms with Crippen LogP contribution in [-0.4, -0.2) is 15.4 Å². The van der Waals surface area contributed by atoms with Gasteiger partial charge in [0.1, 0.15) is 0 Å². The van der Waals surface area contributed by atoms with Gasteiger partial charge in [-0.2, -0.15) is 22.0 Å². The maximum absolute atomic E-state index is 8.92. The molecule has 0 spiro atoms. The molecule has 3 rings (SSSR count). The second kappa shape index (κ2) is 6.77. The first-order valence-electron chi connectivity index (χ1n) is 7.30. The second-order valence-electron chi connectivity index (χ2n) is 5.28. The van der Waals surface area contributed by atoms with E-state index < -0.39 is 0 Å². The van der Waals surface area contributed by atoms with Gasteiger partial charge in [0.15, 0.2) is 5.82 Å². The van der Waals surface area contributed by atoms with Gasteiger partial charge in [0.05, 0.1) is 17.4 Å². The van der Waals surface area contributed by atoms with Gasteiger partial charge < -0.3 is 4.52 Å². The fourth-order valence-corrected chi connectivity index (χ4v) is 3.74. The van der Waals surface area contributed by atoms with E-state index in [1.165, 1.54) is 32.1 Å². The zero-order valence-corrected chi connectivity index (χ0v) is 12.6. The lowest BCUT2D eigenvalue weighted by molar-refractivity contribution is 0.425. The Kier molecular flexibility index (Phi) is 4.56. The summed E-state index contributed by atoms with van der Waals surface area (Å²) in [6, 6.07) is 9.36. The smallest absolute Gasteiger partial charge is 0.257 e. The molecule has 0 aliphatic heterocycles. The van der Waals surface area contributed by atoms with Crippen molar-refractivity contribution >= 4 is 11.8 Å². The predicted octanol–water partition coefficient (Wildman–Crippen LogP) is 4.17. The lowest BCUT2D eigenvalue weighted by Crippen LogP contribution is -2.08. The zero-order chi connectivity index (χ0) is 14.5. The number of nitrogens with zero attached hydrogens (tertiary/aromatic N) is 3. The monoisotopic (exact) mass is 299 g/mol. The van der Waals surface area contributed by atoms with Crippen molar-refractivity contribution in [3.8, 4) is 17.5 Å². The summed E-state index contributed by atoms with van der Waals surface area (Å²) in [5.41, 5.74) is 1.40. The normalized spacial score (nSPS) is 15.8. The fourth-order valence-electron chi connectivity index (χ4n) is 2.58. The number of aromatic nitrogens is 2. The summed E-state index contributed by atoms with van der Waals surface area (Å²) < 4.78 is 5.31. The number of hydrogen-bond donors (Lipinski definition) is 0. The summed E-state index contributed by atoms with van der Waals surface area (Å²) in [7, 11) is 0. The maximum Gasteiger partial charge on any atom is 0.257 e. The van der Waals surface area contributed by atoms with Crippen LogP contribution in [0.15, 0.2) is 28.8 Å². The van der Waals surface area contributed by atoms with Crippen LogP contribution in [0.4, 0.5) is 0 Å². The highest BCUT2D eigenvalue weighted by molar-refractivity contribution is 7.99. The van der Waals surface area contributed by atoms with Crippen LogP contribution in [0.25, 0.3) is 11.5 Å². The molecule has 2 aromatic rings. The van der Waals surface area contributed by atoms with E-state index in [0.29, 0.717) is 11.5 Å². The van der Waals surface area contributed by atoms with E-state index in [4.69, 9.17) is 9.78 Å². The molecule has 0 atom stereocenters. The number of rotatable bonds is 4. The Labute approximate surface area is 128 Å². The standard InChI is InChI=1S/C16H17N3OS/c17-10-12-5-4-6-13(9-12)16-18-15(19-20-16)11-21-14-7-2-1-3-8-14/h4-6,9,14H,1-3,7-8,11H2. The van der Waals surface area contributed by atoms with Gasteiger partial charge in [-0.25, -0.2) is 0 Å². The fraction of sp³-hybridized carbons (Fsp3) is 0.438. The van der Waals surface area contributed by atoms with E-state index in [2.05, 4.69) is 16.2 Å².